The van der Waals surface area contributed by atoms with Gasteiger partial charge in [-0.3, -0.25) is 9.78 Å². The number of nitrogens with zero attached hydrogens (tertiary/aromatic N) is 1. The van der Waals surface area contributed by atoms with Crippen LogP contribution in [0.1, 0.15) is 17.5 Å². The molecule has 7 heteroatoms. The Kier molecular flexibility index (Phi) is 5.44. The van der Waals surface area contributed by atoms with Gasteiger partial charge in [-0.1, -0.05) is 0 Å². The molecule has 1 rings (SSSR count). The first kappa shape index (κ1) is 15.6. The summed E-state index contributed by atoms with van der Waals surface area (Å²) in [7, 11) is -3.10. The summed E-state index contributed by atoms with van der Waals surface area (Å²) in [6.07, 6.45) is 4.60. The average Bonchev–Trinajstić information content (AvgIpc) is 2.33. The summed E-state index contributed by atoms with van der Waals surface area (Å²) in [5.41, 5.74) is 7.57. The van der Waals surface area contributed by atoms with Crippen LogP contribution in [0.4, 0.5) is 0 Å². The lowest BCUT2D eigenvalue weighted by Crippen LogP contribution is -2.41. The van der Waals surface area contributed by atoms with Gasteiger partial charge in [-0.25, -0.2) is 8.42 Å². The van der Waals surface area contributed by atoms with E-state index < -0.39 is 15.9 Å². The molecule has 0 aliphatic rings. The number of carbonyl (C=O) groups is 1. The van der Waals surface area contributed by atoms with Crippen molar-refractivity contribution >= 4 is 15.7 Å². The molecule has 1 heterocycles. The first-order valence-electron chi connectivity index (χ1n) is 5.90. The van der Waals surface area contributed by atoms with E-state index in [4.69, 9.17) is 5.73 Å². The summed E-state index contributed by atoms with van der Waals surface area (Å²) in [5.74, 6) is -0.444. The van der Waals surface area contributed by atoms with Crippen molar-refractivity contribution in [3.05, 3.63) is 29.6 Å². The first-order chi connectivity index (χ1) is 8.79. The van der Waals surface area contributed by atoms with E-state index in [0.29, 0.717) is 6.54 Å². The Bertz CT molecular complexity index is 543. The maximum absolute atomic E-state index is 11.7. The zero-order chi connectivity index (χ0) is 14.5. The normalized spacial score (nSPS) is 13.0. The molecule has 106 valence electrons. The number of hydrogen-bond acceptors (Lipinski definition) is 5. The lowest BCUT2D eigenvalue weighted by molar-refractivity contribution is -0.122. The highest BCUT2D eigenvalue weighted by Crippen LogP contribution is 2.04. The van der Waals surface area contributed by atoms with Crippen LogP contribution in [0.25, 0.3) is 0 Å². The highest BCUT2D eigenvalue weighted by Gasteiger charge is 2.15. The molecule has 0 aromatic carbocycles. The summed E-state index contributed by atoms with van der Waals surface area (Å²) in [5, 5.41) is 2.68. The number of carbonyl (C=O) groups excluding carboxylic acids is 1. The van der Waals surface area contributed by atoms with Crippen LogP contribution in [0.15, 0.2) is 18.5 Å². The monoisotopic (exact) mass is 285 g/mol. The van der Waals surface area contributed by atoms with Gasteiger partial charge in [0, 0.05) is 25.2 Å². The number of nitrogens with two attached hydrogens (primary N) is 1. The minimum absolute atomic E-state index is 0.0898. The number of rotatable bonds is 6. The molecule has 6 nitrogen and oxygen atoms in total. The molecule has 0 fully saturated rings. The average molecular weight is 285 g/mol. The van der Waals surface area contributed by atoms with Crippen molar-refractivity contribution in [1.29, 1.82) is 0 Å². The van der Waals surface area contributed by atoms with Crippen molar-refractivity contribution in [3.8, 4) is 0 Å². The van der Waals surface area contributed by atoms with Crippen LogP contribution in [0.2, 0.25) is 0 Å². The molecule has 1 amide bonds. The van der Waals surface area contributed by atoms with Gasteiger partial charge in [0.05, 0.1) is 11.8 Å². The van der Waals surface area contributed by atoms with Crippen LogP contribution >= 0.6 is 0 Å². The molecule has 1 atom stereocenters. The largest absolute Gasteiger partial charge is 0.351 e. The quantitative estimate of drug-likeness (QED) is 0.751. The highest BCUT2D eigenvalue weighted by molar-refractivity contribution is 7.90. The molecule has 0 aliphatic heterocycles. The van der Waals surface area contributed by atoms with Crippen molar-refractivity contribution in [3.63, 3.8) is 0 Å². The Labute approximate surface area is 113 Å². The van der Waals surface area contributed by atoms with Crippen molar-refractivity contribution in [2.24, 2.45) is 5.73 Å². The molecule has 0 saturated heterocycles. The van der Waals surface area contributed by atoms with E-state index in [1.165, 1.54) is 0 Å². The maximum Gasteiger partial charge on any atom is 0.237 e. The molecule has 0 radical (unpaired) electrons. The number of sulfone groups is 1. The topological polar surface area (TPSA) is 102 Å². The minimum Gasteiger partial charge on any atom is -0.351 e. The van der Waals surface area contributed by atoms with Crippen LogP contribution in [0.3, 0.4) is 0 Å². The maximum atomic E-state index is 11.7. The second-order valence-corrected chi connectivity index (χ2v) is 6.80. The van der Waals surface area contributed by atoms with E-state index >= 15 is 0 Å². The number of amides is 1. The molecular weight excluding hydrogens is 266 g/mol. The number of aryl methyl sites for hydroxylation is 1. The Hall–Kier alpha value is -1.47. The van der Waals surface area contributed by atoms with Gasteiger partial charge in [0.25, 0.3) is 0 Å². The lowest BCUT2D eigenvalue weighted by atomic mass is 10.1. The molecular formula is C12H19N3O3S. The molecule has 0 aliphatic carbocycles. The highest BCUT2D eigenvalue weighted by atomic mass is 32.2. The predicted octanol–water partition coefficient (Wildman–Crippen LogP) is -0.232. The first-order valence-corrected chi connectivity index (χ1v) is 7.96. The Balaban J connectivity index is 2.45. The van der Waals surface area contributed by atoms with E-state index in [9.17, 15) is 13.2 Å². The second-order valence-electron chi connectivity index (χ2n) is 4.55. The lowest BCUT2D eigenvalue weighted by Gasteiger charge is -2.12. The van der Waals surface area contributed by atoms with Gasteiger partial charge in [-0.2, -0.15) is 0 Å². The van der Waals surface area contributed by atoms with Crippen LogP contribution in [0, 0.1) is 6.92 Å². The summed E-state index contributed by atoms with van der Waals surface area (Å²) < 4.78 is 22.0. The van der Waals surface area contributed by atoms with E-state index in [1.807, 2.05) is 13.0 Å². The molecule has 0 spiro atoms. The molecule has 0 saturated carbocycles. The van der Waals surface area contributed by atoms with Gasteiger partial charge in [-0.05, 0) is 30.5 Å². The minimum atomic E-state index is -3.10. The Morgan fingerprint density at radius 1 is 1.53 bits per heavy atom. The number of aromatic nitrogens is 1. The third-order valence-electron chi connectivity index (χ3n) is 2.74. The molecule has 1 unspecified atom stereocenters. The molecule has 19 heavy (non-hydrogen) atoms. The molecule has 3 N–H and O–H groups in total. The number of pyridine rings is 1. The van der Waals surface area contributed by atoms with Gasteiger partial charge in [-0.15, -0.1) is 0 Å². The molecule has 1 aromatic rings. The van der Waals surface area contributed by atoms with Gasteiger partial charge in [0.1, 0.15) is 9.84 Å². The van der Waals surface area contributed by atoms with Gasteiger partial charge in [0.2, 0.25) is 5.91 Å². The molecule has 1 aromatic heterocycles. The van der Waals surface area contributed by atoms with Gasteiger partial charge < -0.3 is 11.1 Å². The Morgan fingerprint density at radius 2 is 2.21 bits per heavy atom. The van der Waals surface area contributed by atoms with Crippen LogP contribution in [-0.4, -0.2) is 37.4 Å². The van der Waals surface area contributed by atoms with Crippen LogP contribution in [-0.2, 0) is 21.2 Å². The van der Waals surface area contributed by atoms with Crippen molar-refractivity contribution in [2.75, 3.05) is 12.0 Å². The fraction of sp³-hybridized carbons (Fsp3) is 0.500. The summed E-state index contributed by atoms with van der Waals surface area (Å²) >= 11 is 0. The SMILES string of the molecule is Cc1ccncc1CNC(=O)C(N)CCS(C)(=O)=O. The zero-order valence-corrected chi connectivity index (χ0v) is 11.9. The van der Waals surface area contributed by atoms with Crippen molar-refractivity contribution in [2.45, 2.75) is 25.9 Å². The zero-order valence-electron chi connectivity index (χ0n) is 11.1. The fourth-order valence-corrected chi connectivity index (χ4v) is 2.15. The third-order valence-corrected chi connectivity index (χ3v) is 3.71. The van der Waals surface area contributed by atoms with E-state index in [0.717, 1.165) is 17.4 Å². The van der Waals surface area contributed by atoms with Crippen molar-refractivity contribution in [1.82, 2.24) is 10.3 Å². The van der Waals surface area contributed by atoms with Crippen molar-refractivity contribution < 1.29 is 13.2 Å². The van der Waals surface area contributed by atoms with Gasteiger partial charge >= 0.3 is 0 Å². The summed E-state index contributed by atoms with van der Waals surface area (Å²) in [6, 6.07) is 1.04. The summed E-state index contributed by atoms with van der Waals surface area (Å²) in [6.45, 7) is 2.26. The summed E-state index contributed by atoms with van der Waals surface area (Å²) in [4.78, 5) is 15.7. The standard InChI is InChI=1S/C12H19N3O3S/c1-9-3-5-14-7-10(9)8-15-12(16)11(13)4-6-19(2,17)18/h3,5,7,11H,4,6,8,13H2,1-2H3,(H,15,16). The van der Waals surface area contributed by atoms with E-state index in [1.54, 1.807) is 12.4 Å². The fourth-order valence-electron chi connectivity index (χ4n) is 1.47. The van der Waals surface area contributed by atoms with Crippen LogP contribution in [0.5, 0.6) is 0 Å². The van der Waals surface area contributed by atoms with E-state index in [2.05, 4.69) is 10.3 Å². The van der Waals surface area contributed by atoms with E-state index in [-0.39, 0.29) is 18.1 Å². The number of hydrogen-bond donors (Lipinski definition) is 2. The number of nitrogens with one attached hydrogen (secondary N) is 1. The predicted molar refractivity (Wildman–Crippen MR) is 73.1 cm³/mol. The van der Waals surface area contributed by atoms with Crippen LogP contribution < -0.4 is 11.1 Å². The third kappa shape index (κ3) is 5.80. The van der Waals surface area contributed by atoms with Gasteiger partial charge in [0.15, 0.2) is 0 Å². The smallest absolute Gasteiger partial charge is 0.237 e. The second kappa shape index (κ2) is 6.63. The molecule has 0 bridgehead atoms. The Morgan fingerprint density at radius 3 is 2.79 bits per heavy atom.